The first-order valence-electron chi connectivity index (χ1n) is 9.76. The molecule has 3 aromatic heterocycles. The Bertz CT molecular complexity index is 928. The maximum Gasteiger partial charge on any atom is 0.141 e. The van der Waals surface area contributed by atoms with Crippen LogP contribution in [0.1, 0.15) is 43.7 Å². The first-order valence-corrected chi connectivity index (χ1v) is 9.76. The van der Waals surface area contributed by atoms with Crippen molar-refractivity contribution in [3.63, 3.8) is 0 Å². The largest absolute Gasteiger partial charge is 0.346 e. The summed E-state index contributed by atoms with van der Waals surface area (Å²) in [5, 5.41) is 18.7. The van der Waals surface area contributed by atoms with Gasteiger partial charge in [0.05, 0.1) is 11.8 Å². The minimum absolute atomic E-state index is 0.446. The monoisotopic (exact) mass is 366 g/mol. The third-order valence-corrected chi connectivity index (χ3v) is 5.73. The molecule has 4 rings (SSSR count). The summed E-state index contributed by atoms with van der Waals surface area (Å²) in [6.07, 6.45) is 8.83. The molecular weight excluding hydrogens is 340 g/mol. The van der Waals surface area contributed by atoms with E-state index in [1.165, 1.54) is 12.8 Å². The quantitative estimate of drug-likeness (QED) is 0.662. The zero-order valence-corrected chi connectivity index (χ0v) is 15.5. The summed E-state index contributed by atoms with van der Waals surface area (Å²) in [6, 6.07) is 4.29. The van der Waals surface area contributed by atoms with E-state index in [9.17, 15) is 0 Å². The van der Waals surface area contributed by atoms with Gasteiger partial charge in [0.2, 0.25) is 0 Å². The number of fused-ring (bicyclic) bond motifs is 3. The number of hydrogen-bond acceptors (Lipinski definition) is 6. The van der Waals surface area contributed by atoms with E-state index in [1.54, 1.807) is 10.8 Å². The van der Waals surface area contributed by atoms with Gasteiger partial charge in [-0.05, 0) is 37.7 Å². The maximum absolute atomic E-state index is 8.85. The van der Waals surface area contributed by atoms with Gasteiger partial charge >= 0.3 is 0 Å². The molecule has 0 atom stereocenters. The molecule has 3 N–H and O–H groups in total. The molecule has 0 radical (unpaired) electrons. The molecule has 1 aliphatic rings. The van der Waals surface area contributed by atoms with E-state index >= 15 is 0 Å². The van der Waals surface area contributed by atoms with Crippen molar-refractivity contribution in [3.8, 4) is 6.07 Å². The molecule has 0 amide bonds. The van der Waals surface area contributed by atoms with Crippen LogP contribution in [0.4, 0.5) is 0 Å². The molecule has 8 heteroatoms. The number of nitrogens with two attached hydrogens (primary N) is 1. The van der Waals surface area contributed by atoms with Crippen LogP contribution in [-0.2, 0) is 0 Å². The Balaban J connectivity index is 1.44. The van der Waals surface area contributed by atoms with Gasteiger partial charge in [-0.3, -0.25) is 0 Å². The van der Waals surface area contributed by atoms with Crippen LogP contribution < -0.4 is 5.73 Å². The van der Waals surface area contributed by atoms with E-state index in [-0.39, 0.29) is 0 Å². The van der Waals surface area contributed by atoms with E-state index in [4.69, 9.17) is 11.0 Å². The lowest BCUT2D eigenvalue weighted by Crippen LogP contribution is -2.35. The van der Waals surface area contributed by atoms with Crippen molar-refractivity contribution in [1.29, 1.82) is 5.26 Å². The van der Waals surface area contributed by atoms with E-state index < -0.39 is 0 Å². The van der Waals surface area contributed by atoms with Gasteiger partial charge in [0, 0.05) is 50.1 Å². The smallest absolute Gasteiger partial charge is 0.141 e. The molecule has 1 fully saturated rings. The fourth-order valence-electron chi connectivity index (χ4n) is 4.36. The van der Waals surface area contributed by atoms with Gasteiger partial charge in [0.1, 0.15) is 17.5 Å². The van der Waals surface area contributed by atoms with Gasteiger partial charge in [0.25, 0.3) is 0 Å². The molecule has 1 aliphatic carbocycles. The van der Waals surface area contributed by atoms with Crippen LogP contribution in [0, 0.1) is 17.2 Å². The van der Waals surface area contributed by atoms with Gasteiger partial charge in [-0.25, -0.2) is 9.50 Å². The molecule has 27 heavy (non-hydrogen) atoms. The first-order chi connectivity index (χ1) is 13.3. The minimum atomic E-state index is 0.446. The predicted octanol–water partition coefficient (Wildman–Crippen LogP) is 2.05. The van der Waals surface area contributed by atoms with Crippen molar-refractivity contribution in [2.45, 2.75) is 38.0 Å². The number of aromatic amines is 1. The highest BCUT2D eigenvalue weighted by molar-refractivity contribution is 5.92. The highest BCUT2D eigenvalue weighted by Crippen LogP contribution is 2.37. The van der Waals surface area contributed by atoms with E-state index in [0.717, 1.165) is 54.7 Å². The van der Waals surface area contributed by atoms with Crippen molar-refractivity contribution in [2.75, 3.05) is 26.2 Å². The Hall–Kier alpha value is -2.50. The number of nitriles is 1. The summed E-state index contributed by atoms with van der Waals surface area (Å²) < 4.78 is 1.79. The summed E-state index contributed by atoms with van der Waals surface area (Å²) in [6.45, 7) is 3.38. The molecule has 142 valence electrons. The molecule has 8 nitrogen and oxygen atoms in total. The van der Waals surface area contributed by atoms with Crippen LogP contribution in [0.15, 0.2) is 18.6 Å². The van der Waals surface area contributed by atoms with Crippen molar-refractivity contribution in [2.24, 2.45) is 11.7 Å². The Labute approximate surface area is 158 Å². The van der Waals surface area contributed by atoms with Crippen LogP contribution in [0.3, 0.4) is 0 Å². The summed E-state index contributed by atoms with van der Waals surface area (Å²) in [5.74, 6) is 1.11. The second-order valence-electron chi connectivity index (χ2n) is 7.47. The highest BCUT2D eigenvalue weighted by atomic mass is 15.4. The molecule has 0 aromatic carbocycles. The maximum atomic E-state index is 8.85. The number of nitrogens with zero attached hydrogens (tertiary/aromatic N) is 6. The number of H-pyrrole nitrogens is 1. The predicted molar refractivity (Wildman–Crippen MR) is 103 cm³/mol. The highest BCUT2D eigenvalue weighted by Gasteiger charge is 2.27. The number of rotatable bonds is 7. The number of aromatic nitrogens is 5. The second kappa shape index (κ2) is 8.03. The van der Waals surface area contributed by atoms with Gasteiger partial charge in [0.15, 0.2) is 0 Å². The fourth-order valence-corrected chi connectivity index (χ4v) is 4.36. The summed E-state index contributed by atoms with van der Waals surface area (Å²) in [5.41, 5.74) is 8.80. The van der Waals surface area contributed by atoms with Crippen LogP contribution in [0.25, 0.3) is 16.6 Å². The average molecular weight is 366 g/mol. The standard InChI is InChI=1S/C19H26N8/c20-7-1-10-26(11-8-21)12-14-2-4-15(5-3-14)17-18-16-6-9-22-19(16)23-13-27(18)25-24-17/h6,9,13-15,22H,1-5,8,10-12,21H2. The molecule has 0 bridgehead atoms. The number of hydrogen-bond donors (Lipinski definition) is 2. The normalized spacial score (nSPS) is 20.5. The molecule has 0 saturated heterocycles. The van der Waals surface area contributed by atoms with Crippen molar-refractivity contribution in [3.05, 3.63) is 24.3 Å². The van der Waals surface area contributed by atoms with Crippen LogP contribution in [0.2, 0.25) is 0 Å². The fraction of sp³-hybridized carbons (Fsp3) is 0.579. The van der Waals surface area contributed by atoms with E-state index in [0.29, 0.717) is 24.8 Å². The summed E-state index contributed by atoms with van der Waals surface area (Å²) in [4.78, 5) is 9.90. The van der Waals surface area contributed by atoms with Gasteiger partial charge < -0.3 is 15.6 Å². The third kappa shape index (κ3) is 3.66. The molecular formula is C19H26N8. The Morgan fingerprint density at radius 3 is 2.93 bits per heavy atom. The first kappa shape index (κ1) is 17.9. The Kier molecular flexibility index (Phi) is 5.32. The molecule has 0 unspecified atom stereocenters. The van der Waals surface area contributed by atoms with Crippen molar-refractivity contribution >= 4 is 16.6 Å². The Morgan fingerprint density at radius 2 is 2.15 bits per heavy atom. The zero-order chi connectivity index (χ0) is 18.6. The lowest BCUT2D eigenvalue weighted by Gasteiger charge is -2.32. The van der Waals surface area contributed by atoms with Gasteiger partial charge in [-0.1, -0.05) is 5.21 Å². The topological polar surface area (TPSA) is 112 Å². The average Bonchev–Trinajstić information content (AvgIpc) is 3.33. The third-order valence-electron chi connectivity index (χ3n) is 5.73. The van der Waals surface area contributed by atoms with Gasteiger partial charge in [-0.2, -0.15) is 5.26 Å². The van der Waals surface area contributed by atoms with E-state index in [2.05, 4.69) is 37.3 Å². The molecule has 0 spiro atoms. The van der Waals surface area contributed by atoms with Crippen molar-refractivity contribution in [1.82, 2.24) is 29.7 Å². The lowest BCUT2D eigenvalue weighted by atomic mass is 9.80. The van der Waals surface area contributed by atoms with Crippen LogP contribution >= 0.6 is 0 Å². The summed E-state index contributed by atoms with van der Waals surface area (Å²) in [7, 11) is 0. The van der Waals surface area contributed by atoms with Crippen LogP contribution in [0.5, 0.6) is 0 Å². The molecule has 0 aliphatic heterocycles. The van der Waals surface area contributed by atoms with Crippen LogP contribution in [-0.4, -0.2) is 55.9 Å². The SMILES string of the molecule is N#CCCN(CCN)CC1CCC(c2nnn3cnc4[nH]ccc4c23)CC1. The minimum Gasteiger partial charge on any atom is -0.346 e. The summed E-state index contributed by atoms with van der Waals surface area (Å²) >= 11 is 0. The lowest BCUT2D eigenvalue weighted by molar-refractivity contribution is 0.200. The molecule has 3 aromatic rings. The molecule has 3 heterocycles. The van der Waals surface area contributed by atoms with E-state index in [1.807, 2.05) is 6.20 Å². The van der Waals surface area contributed by atoms with Crippen molar-refractivity contribution < 1.29 is 0 Å². The van der Waals surface area contributed by atoms with Gasteiger partial charge in [-0.15, -0.1) is 5.10 Å². The number of nitrogens with one attached hydrogen (secondary N) is 1. The molecule has 1 saturated carbocycles. The second-order valence-corrected chi connectivity index (χ2v) is 7.47. The zero-order valence-electron chi connectivity index (χ0n) is 15.5. The Morgan fingerprint density at radius 1 is 1.30 bits per heavy atom.